The molecule has 0 saturated carbocycles. The van der Waals surface area contributed by atoms with Crippen LogP contribution in [0.3, 0.4) is 0 Å². The van der Waals surface area contributed by atoms with E-state index in [1.807, 2.05) is 0 Å². The third-order valence-electron chi connectivity index (χ3n) is 2.01. The van der Waals surface area contributed by atoms with Gasteiger partial charge >= 0.3 is 6.18 Å². The molecule has 2 aromatic rings. The molecule has 1 unspecified atom stereocenters. The van der Waals surface area contributed by atoms with E-state index >= 15 is 0 Å². The molecular weight excluding hydrogens is 269 g/mol. The number of aromatic nitrogens is 2. The number of thiol groups is 1. The Bertz CT molecular complexity index is 496. The van der Waals surface area contributed by atoms with Gasteiger partial charge in [0.2, 0.25) is 0 Å². The first-order valence-corrected chi connectivity index (χ1v) is 5.92. The third-order valence-corrected chi connectivity index (χ3v) is 3.87. The lowest BCUT2D eigenvalue weighted by Gasteiger charge is -2.11. The van der Waals surface area contributed by atoms with Crippen LogP contribution in [0.1, 0.15) is 10.1 Å². The number of rotatable bonds is 2. The van der Waals surface area contributed by atoms with Gasteiger partial charge in [0.1, 0.15) is 10.3 Å². The minimum absolute atomic E-state index is 0.0830. The Morgan fingerprint density at radius 3 is 2.65 bits per heavy atom. The summed E-state index contributed by atoms with van der Waals surface area (Å²) in [6.45, 7) is 0. The lowest BCUT2D eigenvalue weighted by Crippen LogP contribution is -2.14. The van der Waals surface area contributed by atoms with E-state index in [0.29, 0.717) is 10.6 Å². The summed E-state index contributed by atoms with van der Waals surface area (Å²) in [6.07, 6.45) is -0.00111. The van der Waals surface area contributed by atoms with E-state index in [0.717, 1.165) is 11.3 Å². The van der Waals surface area contributed by atoms with Gasteiger partial charge in [0.05, 0.1) is 0 Å². The molecule has 0 amide bonds. The van der Waals surface area contributed by atoms with Gasteiger partial charge in [0.15, 0.2) is 0 Å². The van der Waals surface area contributed by atoms with Gasteiger partial charge in [0.25, 0.3) is 0 Å². The summed E-state index contributed by atoms with van der Waals surface area (Å²) in [6, 6.07) is 3.45. The average molecular weight is 276 g/mol. The highest BCUT2D eigenvalue weighted by atomic mass is 32.1. The topological polar surface area (TPSA) is 25.8 Å². The third kappa shape index (κ3) is 2.78. The lowest BCUT2D eigenvalue weighted by atomic mass is 10.3. The molecule has 90 valence electrons. The Balaban J connectivity index is 2.28. The molecule has 0 spiro atoms. The molecule has 1 atom stereocenters. The van der Waals surface area contributed by atoms with E-state index < -0.39 is 11.4 Å². The SMILES string of the molecule is FC(F)(F)C(S)c1cnc(-c2cccnc2)s1. The van der Waals surface area contributed by atoms with Crippen molar-refractivity contribution < 1.29 is 13.2 Å². The van der Waals surface area contributed by atoms with Gasteiger partial charge in [-0.05, 0) is 12.1 Å². The van der Waals surface area contributed by atoms with Gasteiger partial charge in [-0.3, -0.25) is 4.98 Å². The van der Waals surface area contributed by atoms with Gasteiger partial charge in [-0.25, -0.2) is 4.98 Å². The molecule has 0 bridgehead atoms. The predicted octanol–water partition coefficient (Wildman–Crippen LogP) is 3.74. The van der Waals surface area contributed by atoms with Crippen molar-refractivity contribution in [2.75, 3.05) is 0 Å². The molecule has 0 aliphatic heterocycles. The highest BCUT2D eigenvalue weighted by Crippen LogP contribution is 2.41. The minimum atomic E-state index is -4.36. The van der Waals surface area contributed by atoms with Crippen molar-refractivity contribution in [2.24, 2.45) is 0 Å². The molecule has 2 aromatic heterocycles. The second-order valence-corrected chi connectivity index (χ2v) is 4.83. The smallest absolute Gasteiger partial charge is 0.264 e. The Labute approximate surface area is 105 Å². The van der Waals surface area contributed by atoms with Crippen LogP contribution < -0.4 is 0 Å². The van der Waals surface area contributed by atoms with Crippen molar-refractivity contribution in [1.82, 2.24) is 9.97 Å². The molecule has 2 heterocycles. The average Bonchev–Trinajstić information content (AvgIpc) is 2.77. The Morgan fingerprint density at radius 1 is 1.29 bits per heavy atom. The molecule has 0 aliphatic carbocycles. The summed E-state index contributed by atoms with van der Waals surface area (Å²) < 4.78 is 37.3. The van der Waals surface area contributed by atoms with Gasteiger partial charge in [-0.15, -0.1) is 11.3 Å². The predicted molar refractivity (Wildman–Crippen MR) is 63.1 cm³/mol. The fraction of sp³-hybridized carbons (Fsp3) is 0.200. The lowest BCUT2D eigenvalue weighted by molar-refractivity contribution is -0.128. The molecule has 0 saturated heterocycles. The fourth-order valence-electron chi connectivity index (χ4n) is 1.20. The van der Waals surface area contributed by atoms with E-state index in [4.69, 9.17) is 0 Å². The molecular formula is C10H7F3N2S2. The van der Waals surface area contributed by atoms with Crippen molar-refractivity contribution in [2.45, 2.75) is 11.4 Å². The molecule has 0 radical (unpaired) electrons. The number of alkyl halides is 3. The Hall–Kier alpha value is -1.08. The first kappa shape index (κ1) is 12.4. The second kappa shape index (κ2) is 4.66. The zero-order valence-electron chi connectivity index (χ0n) is 8.35. The number of nitrogens with zero attached hydrogens (tertiary/aromatic N) is 2. The van der Waals surface area contributed by atoms with Gasteiger partial charge in [-0.1, -0.05) is 0 Å². The summed E-state index contributed by atoms with van der Waals surface area (Å²) in [7, 11) is 0. The number of thiazole rings is 1. The largest absolute Gasteiger partial charge is 0.405 e. The van der Waals surface area contributed by atoms with Crippen LogP contribution in [-0.4, -0.2) is 16.1 Å². The maximum Gasteiger partial charge on any atom is 0.405 e. The molecule has 2 nitrogen and oxygen atoms in total. The number of hydrogen-bond donors (Lipinski definition) is 1. The van der Waals surface area contributed by atoms with Crippen LogP contribution in [-0.2, 0) is 0 Å². The van der Waals surface area contributed by atoms with Crippen LogP contribution in [0.15, 0.2) is 30.7 Å². The second-order valence-electron chi connectivity index (χ2n) is 3.25. The van der Waals surface area contributed by atoms with Gasteiger partial charge in [-0.2, -0.15) is 25.8 Å². The molecule has 2 rings (SSSR count). The van der Waals surface area contributed by atoms with Crippen LogP contribution in [0, 0.1) is 0 Å². The van der Waals surface area contributed by atoms with Crippen molar-refractivity contribution in [3.05, 3.63) is 35.6 Å². The molecule has 0 aliphatic rings. The molecule has 0 aromatic carbocycles. The van der Waals surface area contributed by atoms with E-state index in [1.165, 1.54) is 6.20 Å². The number of pyridine rings is 1. The normalized spacial score (nSPS) is 13.6. The Kier molecular flexibility index (Phi) is 3.39. The van der Waals surface area contributed by atoms with Crippen LogP contribution in [0.4, 0.5) is 13.2 Å². The maximum atomic E-state index is 12.4. The van der Waals surface area contributed by atoms with Crippen molar-refractivity contribution in [3.8, 4) is 10.6 Å². The summed E-state index contributed by atoms with van der Waals surface area (Å²) in [5.41, 5.74) is 0.700. The minimum Gasteiger partial charge on any atom is -0.264 e. The van der Waals surface area contributed by atoms with Crippen molar-refractivity contribution >= 4 is 24.0 Å². The monoisotopic (exact) mass is 276 g/mol. The Morgan fingerprint density at radius 2 is 2.06 bits per heavy atom. The van der Waals surface area contributed by atoms with Gasteiger partial charge < -0.3 is 0 Å². The van der Waals surface area contributed by atoms with E-state index in [-0.39, 0.29) is 4.88 Å². The summed E-state index contributed by atoms with van der Waals surface area (Å²) in [5, 5.41) is -1.28. The highest BCUT2D eigenvalue weighted by Gasteiger charge is 2.39. The zero-order valence-corrected chi connectivity index (χ0v) is 10.1. The molecule has 0 fully saturated rings. The molecule has 7 heteroatoms. The first-order chi connectivity index (χ1) is 7.98. The first-order valence-electron chi connectivity index (χ1n) is 4.59. The summed E-state index contributed by atoms with van der Waals surface area (Å²) in [5.74, 6) is 0. The zero-order chi connectivity index (χ0) is 12.5. The summed E-state index contributed by atoms with van der Waals surface area (Å²) >= 11 is 4.53. The van der Waals surface area contributed by atoms with Crippen LogP contribution >= 0.6 is 24.0 Å². The van der Waals surface area contributed by atoms with E-state index in [2.05, 4.69) is 22.6 Å². The van der Waals surface area contributed by atoms with E-state index in [9.17, 15) is 13.2 Å². The van der Waals surface area contributed by atoms with E-state index in [1.54, 1.807) is 24.5 Å². The van der Waals surface area contributed by atoms with Crippen molar-refractivity contribution in [3.63, 3.8) is 0 Å². The molecule has 0 N–H and O–H groups in total. The summed E-state index contributed by atoms with van der Waals surface area (Å²) in [4.78, 5) is 7.92. The van der Waals surface area contributed by atoms with Gasteiger partial charge in [0, 0.05) is 29.0 Å². The quantitative estimate of drug-likeness (QED) is 0.846. The van der Waals surface area contributed by atoms with Crippen molar-refractivity contribution in [1.29, 1.82) is 0 Å². The fourth-order valence-corrected chi connectivity index (χ4v) is 2.34. The van der Waals surface area contributed by atoms with Crippen LogP contribution in [0.5, 0.6) is 0 Å². The van der Waals surface area contributed by atoms with Crippen LogP contribution in [0.25, 0.3) is 10.6 Å². The van der Waals surface area contributed by atoms with Crippen LogP contribution in [0.2, 0.25) is 0 Å². The number of hydrogen-bond acceptors (Lipinski definition) is 4. The highest BCUT2D eigenvalue weighted by molar-refractivity contribution is 7.80. The molecule has 17 heavy (non-hydrogen) atoms. The maximum absolute atomic E-state index is 12.4. The number of halogens is 3. The standard InChI is InChI=1S/C10H7F3N2S2/c11-10(12,13)8(16)7-5-15-9(17-7)6-2-1-3-14-4-6/h1-5,8,16H.